The molecule has 1 unspecified atom stereocenters. The average Bonchev–Trinajstić information content (AvgIpc) is 3.38. The van der Waals surface area contributed by atoms with Gasteiger partial charge >= 0.3 is 0 Å². The van der Waals surface area contributed by atoms with Gasteiger partial charge in [-0.2, -0.15) is 0 Å². The zero-order chi connectivity index (χ0) is 33.0. The molecular weight excluding hydrogens is 569 g/mol. The highest BCUT2D eigenvalue weighted by molar-refractivity contribution is 6.96. The van der Waals surface area contributed by atoms with E-state index in [0.717, 1.165) is 43.3 Å². The van der Waals surface area contributed by atoms with Crippen LogP contribution in [0.15, 0.2) is 107 Å². The summed E-state index contributed by atoms with van der Waals surface area (Å²) >= 11 is 0. The van der Waals surface area contributed by atoms with Gasteiger partial charge in [0.25, 0.3) is 6.71 Å². The van der Waals surface area contributed by atoms with Gasteiger partial charge in [0.1, 0.15) is 5.82 Å². The van der Waals surface area contributed by atoms with Crippen molar-refractivity contribution in [1.29, 1.82) is 0 Å². The van der Waals surface area contributed by atoms with Crippen LogP contribution in [0.1, 0.15) is 104 Å². The minimum atomic E-state index is -0.00577. The second-order valence-corrected chi connectivity index (χ2v) is 15.9. The molecule has 8 rings (SSSR count). The monoisotopic (exact) mass is 617 g/mol. The molecule has 0 saturated carbocycles. The Hall–Kier alpha value is -4.05. The second-order valence-electron chi connectivity index (χ2n) is 15.9. The molecule has 5 aliphatic rings. The molecule has 47 heavy (non-hydrogen) atoms. The van der Waals surface area contributed by atoms with Crippen LogP contribution in [-0.4, -0.2) is 16.3 Å². The van der Waals surface area contributed by atoms with E-state index < -0.39 is 0 Å². The molecule has 2 aliphatic carbocycles. The maximum Gasteiger partial charge on any atom is 0.253 e. The van der Waals surface area contributed by atoms with Gasteiger partial charge < -0.3 is 4.90 Å². The molecule has 0 fully saturated rings. The Kier molecular flexibility index (Phi) is 6.75. The number of hydrogen-bond acceptors (Lipinski definition) is 2. The van der Waals surface area contributed by atoms with Gasteiger partial charge in [-0.05, 0) is 121 Å². The Morgan fingerprint density at radius 2 is 1.77 bits per heavy atom. The first-order valence-corrected chi connectivity index (χ1v) is 17.8. The predicted molar refractivity (Wildman–Crippen MR) is 202 cm³/mol. The van der Waals surface area contributed by atoms with Crippen molar-refractivity contribution in [2.75, 3.05) is 4.90 Å². The normalized spacial score (nSPS) is 21.9. The van der Waals surface area contributed by atoms with Crippen LogP contribution in [0.2, 0.25) is 0 Å². The van der Waals surface area contributed by atoms with E-state index in [0.29, 0.717) is 5.92 Å². The third-order valence-electron chi connectivity index (χ3n) is 11.7. The molecule has 4 heteroatoms. The molecule has 0 spiro atoms. The maximum absolute atomic E-state index is 5.51. The van der Waals surface area contributed by atoms with Crippen LogP contribution in [0.5, 0.6) is 0 Å². The largest absolute Gasteiger partial charge is 0.315 e. The van der Waals surface area contributed by atoms with Crippen molar-refractivity contribution in [2.24, 2.45) is 10.8 Å². The summed E-state index contributed by atoms with van der Waals surface area (Å²) in [6, 6.07) is 11.7. The van der Waals surface area contributed by atoms with E-state index in [1.165, 1.54) is 79.1 Å². The van der Waals surface area contributed by atoms with Crippen LogP contribution < -0.4 is 15.8 Å². The number of anilines is 1. The van der Waals surface area contributed by atoms with E-state index in [9.17, 15) is 0 Å². The summed E-state index contributed by atoms with van der Waals surface area (Å²) in [4.78, 5) is 8.01. The second kappa shape index (κ2) is 10.5. The molecule has 3 nitrogen and oxygen atoms in total. The lowest BCUT2D eigenvalue weighted by molar-refractivity contribution is 0.297. The number of rotatable bonds is 5. The molecule has 2 aromatic carbocycles. The lowest BCUT2D eigenvalue weighted by Gasteiger charge is -2.45. The summed E-state index contributed by atoms with van der Waals surface area (Å²) < 4.78 is 2.57. The predicted octanol–water partition coefficient (Wildman–Crippen LogP) is 10.0. The molecule has 238 valence electrons. The highest BCUT2D eigenvalue weighted by Crippen LogP contribution is 2.58. The fourth-order valence-electron chi connectivity index (χ4n) is 9.62. The van der Waals surface area contributed by atoms with Gasteiger partial charge in [-0.25, -0.2) is 4.98 Å². The van der Waals surface area contributed by atoms with Gasteiger partial charge in [-0.1, -0.05) is 88.9 Å². The van der Waals surface area contributed by atoms with Gasteiger partial charge in [0.2, 0.25) is 0 Å². The molecule has 0 radical (unpaired) electrons. The summed E-state index contributed by atoms with van der Waals surface area (Å²) in [6.45, 7) is 26.0. The zero-order valence-electron chi connectivity index (χ0n) is 29.4. The molecule has 1 aromatic heterocycles. The summed E-state index contributed by atoms with van der Waals surface area (Å²) in [7, 11) is 0. The topological polar surface area (TPSA) is 21.1 Å². The van der Waals surface area contributed by atoms with Crippen LogP contribution in [0, 0.1) is 10.8 Å². The van der Waals surface area contributed by atoms with Crippen molar-refractivity contribution in [3.63, 3.8) is 0 Å². The smallest absolute Gasteiger partial charge is 0.253 e. The number of imidazole rings is 1. The number of aromatic nitrogens is 2. The van der Waals surface area contributed by atoms with Gasteiger partial charge in [-0.3, -0.25) is 4.57 Å². The highest BCUT2D eigenvalue weighted by atomic mass is 15.2. The Bertz CT molecular complexity index is 2070. The van der Waals surface area contributed by atoms with Crippen molar-refractivity contribution < 1.29 is 0 Å². The van der Waals surface area contributed by atoms with Crippen LogP contribution >= 0.6 is 0 Å². The van der Waals surface area contributed by atoms with Crippen molar-refractivity contribution in [2.45, 2.75) is 92.9 Å². The highest BCUT2D eigenvalue weighted by Gasteiger charge is 2.52. The Balaban J connectivity index is 1.62. The van der Waals surface area contributed by atoms with Gasteiger partial charge in [0.15, 0.2) is 0 Å². The molecule has 0 N–H and O–H groups in total. The quantitative estimate of drug-likeness (QED) is 0.210. The summed E-state index contributed by atoms with van der Waals surface area (Å²) in [5.41, 5.74) is 18.5. The van der Waals surface area contributed by atoms with Crippen LogP contribution in [0.3, 0.4) is 0 Å². The van der Waals surface area contributed by atoms with Crippen LogP contribution in [-0.2, 0) is 0 Å². The number of nitrogens with zero attached hydrogens (tertiary/aromatic N) is 3. The molecule has 1 atom stereocenters. The minimum Gasteiger partial charge on any atom is -0.315 e. The Labute approximate surface area is 281 Å². The molecule has 4 heterocycles. The molecule has 0 saturated heterocycles. The summed E-state index contributed by atoms with van der Waals surface area (Å²) in [6.07, 6.45) is 17.9. The van der Waals surface area contributed by atoms with Crippen molar-refractivity contribution >= 4 is 39.9 Å². The van der Waals surface area contributed by atoms with E-state index >= 15 is 0 Å². The molecular formula is C43H48BN3. The lowest BCUT2D eigenvalue weighted by Crippen LogP contribution is -2.57. The van der Waals surface area contributed by atoms with E-state index in [-0.39, 0.29) is 17.5 Å². The Morgan fingerprint density at radius 1 is 1.02 bits per heavy atom. The molecule has 0 amide bonds. The first-order valence-electron chi connectivity index (χ1n) is 17.8. The molecule has 3 aromatic rings. The Morgan fingerprint density at radius 3 is 2.45 bits per heavy atom. The van der Waals surface area contributed by atoms with Crippen LogP contribution in [0.4, 0.5) is 5.69 Å². The van der Waals surface area contributed by atoms with Crippen LogP contribution in [0.25, 0.3) is 22.3 Å². The maximum atomic E-state index is 5.51. The van der Waals surface area contributed by atoms with Gasteiger partial charge in [0.05, 0.1) is 11.0 Å². The molecule has 0 bridgehead atoms. The van der Waals surface area contributed by atoms with E-state index in [2.05, 4.69) is 125 Å². The van der Waals surface area contributed by atoms with Gasteiger partial charge in [-0.15, -0.1) is 0 Å². The van der Waals surface area contributed by atoms with Crippen molar-refractivity contribution in [1.82, 2.24) is 9.55 Å². The van der Waals surface area contributed by atoms with Crippen molar-refractivity contribution in [3.05, 3.63) is 119 Å². The number of allylic oxidation sites excluding steroid dienone is 10. The fraction of sp³-hybridized carbons (Fsp3) is 0.372. The summed E-state index contributed by atoms with van der Waals surface area (Å²) in [5.74, 6) is 1.49. The number of benzene rings is 2. The minimum absolute atomic E-state index is 0.00577. The zero-order valence-corrected chi connectivity index (χ0v) is 29.4. The van der Waals surface area contributed by atoms with E-state index in [4.69, 9.17) is 11.6 Å². The third-order valence-corrected chi connectivity index (χ3v) is 11.7. The van der Waals surface area contributed by atoms with E-state index in [1.54, 1.807) is 0 Å². The summed E-state index contributed by atoms with van der Waals surface area (Å²) in [5, 5.41) is 0. The van der Waals surface area contributed by atoms with E-state index in [1.807, 2.05) is 0 Å². The standard InChI is InChI=1S/C43H48BN3/c1-10-12-17-27(5)46-32-20-16-21-33-38(32)44-36(39(46)26(3)4)29(11-2)34-35(43(8,9)25-24-42(34,6)7)30-22-23-31-40(37(30)44)47(33)41(45-31)28-18-14-13-15-19-28/h10-12,14,16,18,20-23,28H,2,5,13,15,17,19,24-25H2,1,3-4,6-9H3/b12-10-. The van der Waals surface area contributed by atoms with Crippen molar-refractivity contribution in [3.8, 4) is 5.69 Å². The first-order chi connectivity index (χ1) is 22.5. The lowest BCUT2D eigenvalue weighted by atomic mass is 9.31. The molecule has 3 aliphatic heterocycles. The third kappa shape index (κ3) is 4.09. The first kappa shape index (κ1) is 30.3. The fourth-order valence-corrected chi connectivity index (χ4v) is 9.62. The average molecular weight is 618 g/mol. The number of fused-ring (bicyclic) bond motifs is 2. The van der Waals surface area contributed by atoms with Gasteiger partial charge in [0, 0.05) is 35.1 Å². The SMILES string of the molecule is C=CC1=C2B3c4c(cccc4-n4c(C5C=CCCC5)nc5ccc(c3c54)C3=C1C(C)(C)CCC3(C)C)N(C(=C)C/C=C\C)C2=C(C)C. The number of hydrogen-bond donors (Lipinski definition) is 0.